The summed E-state index contributed by atoms with van der Waals surface area (Å²) < 4.78 is 0. The summed E-state index contributed by atoms with van der Waals surface area (Å²) in [5.74, 6) is 0.161. The maximum atomic E-state index is 11.0. The number of hydrogen-bond acceptors (Lipinski definition) is 4. The first-order valence-electron chi connectivity index (χ1n) is 13.6. The van der Waals surface area contributed by atoms with Gasteiger partial charge in [-0.1, -0.05) is 90.6 Å². The van der Waals surface area contributed by atoms with Gasteiger partial charge in [0.25, 0.3) is 0 Å². The van der Waals surface area contributed by atoms with Crippen LogP contribution < -0.4 is 5.19 Å². The normalized spacial score (nSPS) is 11.7. The van der Waals surface area contributed by atoms with Gasteiger partial charge in [0.15, 0.2) is 5.78 Å². The second-order valence-electron chi connectivity index (χ2n) is 11.8. The van der Waals surface area contributed by atoms with Crippen molar-refractivity contribution in [1.82, 2.24) is 9.97 Å². The standard InChI is InChI=1S/C25H25N2Si.C9H16O2.Ir/c1-17-11-18(2)13-20(12-17)25-15-22(19-7-6-10-26-16-19)23-14-21(28(3,4)5)8-9-24(23)27-25;1-6(2)8(10)5-9(11)7(3)4;/h6-12,14-16H,1-5H3;5-7,10H,1-4H3;/q-1;;/b;8-5-;. The van der Waals surface area contributed by atoms with Crippen molar-refractivity contribution < 1.29 is 30.0 Å². The molecule has 1 radical (unpaired) electrons. The molecule has 213 valence electrons. The molecule has 4 aromatic rings. The van der Waals surface area contributed by atoms with E-state index in [0.29, 0.717) is 0 Å². The van der Waals surface area contributed by atoms with Crippen LogP contribution in [0.2, 0.25) is 19.6 Å². The van der Waals surface area contributed by atoms with Crippen molar-refractivity contribution in [2.24, 2.45) is 11.8 Å². The second-order valence-corrected chi connectivity index (χ2v) is 16.9. The van der Waals surface area contributed by atoms with Crippen LogP contribution in [0, 0.1) is 31.7 Å². The van der Waals surface area contributed by atoms with E-state index in [2.05, 4.69) is 87.0 Å². The van der Waals surface area contributed by atoms with E-state index in [1.807, 2.05) is 46.2 Å². The summed E-state index contributed by atoms with van der Waals surface area (Å²) in [6.45, 7) is 18.7. The van der Waals surface area contributed by atoms with E-state index in [-0.39, 0.29) is 43.5 Å². The molecule has 2 heterocycles. The zero-order valence-electron chi connectivity index (χ0n) is 25.1. The van der Waals surface area contributed by atoms with Crippen LogP contribution in [0.15, 0.2) is 72.8 Å². The predicted octanol–water partition coefficient (Wildman–Crippen LogP) is 8.23. The summed E-state index contributed by atoms with van der Waals surface area (Å²) in [6, 6.07) is 20.9. The molecular formula is C34H41IrN2O2Si-. The molecule has 0 aliphatic rings. The zero-order valence-corrected chi connectivity index (χ0v) is 28.5. The van der Waals surface area contributed by atoms with Crippen LogP contribution in [-0.2, 0) is 24.9 Å². The van der Waals surface area contributed by atoms with Gasteiger partial charge >= 0.3 is 0 Å². The number of ketones is 1. The molecule has 0 saturated carbocycles. The quantitative estimate of drug-likeness (QED) is 0.0941. The van der Waals surface area contributed by atoms with Crippen LogP contribution in [0.1, 0.15) is 38.8 Å². The van der Waals surface area contributed by atoms with Crippen LogP contribution in [0.3, 0.4) is 0 Å². The SMILES string of the molecule is CC(C)C(=O)/C=C(\O)C(C)C.Cc1[c-]c(-c2cc(-c3cccnc3)c3cc([Si](C)(C)C)ccc3n2)cc(C)c1.[Ir]. The number of allylic oxidation sites excluding steroid dienone is 2. The van der Waals surface area contributed by atoms with Crippen molar-refractivity contribution >= 4 is 29.9 Å². The van der Waals surface area contributed by atoms with Gasteiger partial charge in [-0.2, -0.15) is 0 Å². The van der Waals surface area contributed by atoms with Crippen molar-refractivity contribution in [1.29, 1.82) is 0 Å². The maximum absolute atomic E-state index is 11.0. The predicted molar refractivity (Wildman–Crippen MR) is 167 cm³/mol. The van der Waals surface area contributed by atoms with Crippen LogP contribution in [-0.4, -0.2) is 28.9 Å². The molecule has 0 atom stereocenters. The Kier molecular flexibility index (Phi) is 11.7. The van der Waals surface area contributed by atoms with Gasteiger partial charge in [0.05, 0.1) is 19.3 Å². The van der Waals surface area contributed by atoms with Gasteiger partial charge in [-0.05, 0) is 29.0 Å². The third-order valence-corrected chi connectivity index (χ3v) is 8.56. The first kappa shape index (κ1) is 33.3. The number of rotatable bonds is 6. The van der Waals surface area contributed by atoms with E-state index in [9.17, 15) is 9.90 Å². The fourth-order valence-corrected chi connectivity index (χ4v) is 5.26. The van der Waals surface area contributed by atoms with Crippen LogP contribution >= 0.6 is 0 Å². The smallest absolute Gasteiger partial charge is 0.161 e. The van der Waals surface area contributed by atoms with Crippen molar-refractivity contribution in [2.75, 3.05) is 0 Å². The molecule has 2 aromatic heterocycles. The molecule has 0 aliphatic carbocycles. The van der Waals surface area contributed by atoms with Gasteiger partial charge in [0, 0.05) is 55.8 Å². The Morgan fingerprint density at radius 2 is 1.68 bits per heavy atom. The second kappa shape index (κ2) is 14.1. The molecule has 6 heteroatoms. The first-order chi connectivity index (χ1) is 18.3. The first-order valence-corrected chi connectivity index (χ1v) is 17.1. The molecule has 0 bridgehead atoms. The van der Waals surface area contributed by atoms with Crippen LogP contribution in [0.5, 0.6) is 0 Å². The van der Waals surface area contributed by atoms with Crippen molar-refractivity contribution in [3.8, 4) is 22.4 Å². The van der Waals surface area contributed by atoms with E-state index in [1.54, 1.807) is 0 Å². The van der Waals surface area contributed by atoms with Crippen molar-refractivity contribution in [3.63, 3.8) is 0 Å². The summed E-state index contributed by atoms with van der Waals surface area (Å²) in [5.41, 5.74) is 7.68. The topological polar surface area (TPSA) is 63.1 Å². The number of benzene rings is 2. The Labute approximate surface area is 254 Å². The molecule has 0 spiro atoms. The zero-order chi connectivity index (χ0) is 28.9. The number of pyridine rings is 2. The molecule has 0 amide bonds. The fraction of sp³-hybridized carbons (Fsp3) is 0.324. The summed E-state index contributed by atoms with van der Waals surface area (Å²) in [7, 11) is -1.42. The van der Waals surface area contributed by atoms with Crippen molar-refractivity contribution in [3.05, 3.63) is 90.0 Å². The van der Waals surface area contributed by atoms with Gasteiger partial charge in [0.1, 0.15) is 0 Å². The number of carbonyl (C=O) groups is 1. The van der Waals surface area contributed by atoms with Gasteiger partial charge in [-0.25, -0.2) is 0 Å². The minimum Gasteiger partial charge on any atom is -0.512 e. The van der Waals surface area contributed by atoms with E-state index < -0.39 is 8.07 Å². The van der Waals surface area contributed by atoms with E-state index in [4.69, 9.17) is 4.98 Å². The average Bonchev–Trinajstić information content (AvgIpc) is 2.87. The van der Waals surface area contributed by atoms with E-state index in [0.717, 1.165) is 27.9 Å². The average molecular weight is 730 g/mol. The van der Waals surface area contributed by atoms with E-state index in [1.165, 1.54) is 27.8 Å². The van der Waals surface area contributed by atoms with Gasteiger partial charge < -0.3 is 5.11 Å². The van der Waals surface area contributed by atoms with Crippen LogP contribution in [0.4, 0.5) is 0 Å². The molecule has 40 heavy (non-hydrogen) atoms. The molecule has 0 saturated heterocycles. The molecule has 2 aromatic carbocycles. The van der Waals surface area contributed by atoms with Crippen molar-refractivity contribution in [2.45, 2.75) is 61.2 Å². The molecule has 1 N–H and O–H groups in total. The molecular weight excluding hydrogens is 689 g/mol. The number of aromatic nitrogens is 2. The molecule has 0 unspecified atom stereocenters. The fourth-order valence-electron chi connectivity index (χ4n) is 4.10. The summed E-state index contributed by atoms with van der Waals surface area (Å²) >= 11 is 0. The Bertz CT molecular complexity index is 1470. The van der Waals surface area contributed by atoms with Crippen LogP contribution in [0.25, 0.3) is 33.3 Å². The number of fused-ring (bicyclic) bond motifs is 1. The third-order valence-electron chi connectivity index (χ3n) is 6.52. The van der Waals surface area contributed by atoms with Gasteiger partial charge in [0.2, 0.25) is 0 Å². The molecule has 0 aliphatic heterocycles. The number of carbonyl (C=O) groups excluding carboxylic acids is 1. The molecule has 4 rings (SSSR count). The molecule has 4 nitrogen and oxygen atoms in total. The summed E-state index contributed by atoms with van der Waals surface area (Å²) in [6.07, 6.45) is 5.07. The van der Waals surface area contributed by atoms with Gasteiger partial charge in [-0.15, -0.1) is 34.9 Å². The minimum absolute atomic E-state index is 0. The number of aliphatic hydroxyl groups excluding tert-OH is 1. The van der Waals surface area contributed by atoms with Gasteiger partial charge in [-0.3, -0.25) is 14.8 Å². The number of nitrogens with zero attached hydrogens (tertiary/aromatic N) is 2. The Hall–Kier alpha value is -2.92. The largest absolute Gasteiger partial charge is 0.512 e. The molecule has 0 fully saturated rings. The monoisotopic (exact) mass is 730 g/mol. The number of aryl methyl sites for hydroxylation is 2. The maximum Gasteiger partial charge on any atom is 0.161 e. The summed E-state index contributed by atoms with van der Waals surface area (Å²) in [5, 5.41) is 11.8. The Morgan fingerprint density at radius 1 is 0.975 bits per heavy atom. The Balaban J connectivity index is 0.000000400. The van der Waals surface area contributed by atoms with E-state index >= 15 is 0 Å². The minimum atomic E-state index is -1.42. The Morgan fingerprint density at radius 3 is 2.23 bits per heavy atom. The third kappa shape index (κ3) is 8.79. The number of aliphatic hydroxyl groups is 1. The number of hydrogen-bond donors (Lipinski definition) is 1. The summed E-state index contributed by atoms with van der Waals surface area (Å²) in [4.78, 5) is 20.4.